The minimum Gasteiger partial charge on any atom is -0.386 e. The minimum absolute atomic E-state index is 0.171. The van der Waals surface area contributed by atoms with Gasteiger partial charge in [0, 0.05) is 17.9 Å². The average Bonchev–Trinajstić information content (AvgIpc) is 2.49. The fourth-order valence-corrected chi connectivity index (χ4v) is 2.84. The molecule has 106 valence electrons. The van der Waals surface area contributed by atoms with Gasteiger partial charge in [-0.25, -0.2) is 0 Å². The van der Waals surface area contributed by atoms with Gasteiger partial charge in [-0.05, 0) is 25.0 Å². The Morgan fingerprint density at radius 3 is 2.48 bits per heavy atom. The highest BCUT2D eigenvalue weighted by Gasteiger charge is 2.25. The van der Waals surface area contributed by atoms with Crippen molar-refractivity contribution in [3.8, 4) is 0 Å². The molecule has 0 aromatic heterocycles. The quantitative estimate of drug-likeness (QED) is 0.896. The third-order valence-corrected chi connectivity index (χ3v) is 3.89. The summed E-state index contributed by atoms with van der Waals surface area (Å²) in [7, 11) is 0. The third kappa shape index (κ3) is 2.72. The number of amidine groups is 1. The summed E-state index contributed by atoms with van der Waals surface area (Å²) in [4.78, 5) is 0. The lowest BCUT2D eigenvalue weighted by Gasteiger charge is -2.23. The molecule has 0 amide bonds. The van der Waals surface area contributed by atoms with E-state index in [0.29, 0.717) is 5.84 Å². The maximum atomic E-state index is 5.91. The molecule has 0 fully saturated rings. The Balaban J connectivity index is 2.08. The number of aryl methyl sites for hydroxylation is 2. The van der Waals surface area contributed by atoms with Gasteiger partial charge in [0.05, 0.1) is 5.71 Å². The smallest absolute Gasteiger partial charge is 0.123 e. The van der Waals surface area contributed by atoms with Gasteiger partial charge in [-0.3, -0.25) is 0 Å². The van der Waals surface area contributed by atoms with Crippen molar-refractivity contribution >= 4 is 11.5 Å². The second-order valence-electron chi connectivity index (χ2n) is 5.56. The Labute approximate surface area is 125 Å². The van der Waals surface area contributed by atoms with Crippen molar-refractivity contribution in [3.63, 3.8) is 0 Å². The molecule has 2 aromatic rings. The molecule has 21 heavy (non-hydrogen) atoms. The molecule has 0 bridgehead atoms. The molecule has 1 aliphatic heterocycles. The fourth-order valence-electron chi connectivity index (χ4n) is 2.84. The summed E-state index contributed by atoms with van der Waals surface area (Å²) >= 11 is 0. The van der Waals surface area contributed by atoms with Gasteiger partial charge in [-0.2, -0.15) is 5.10 Å². The zero-order valence-corrected chi connectivity index (χ0v) is 12.4. The summed E-state index contributed by atoms with van der Waals surface area (Å²) in [5.41, 5.74) is 11.8. The molecule has 3 rings (SSSR count). The van der Waals surface area contributed by atoms with Crippen LogP contribution in [0.1, 0.15) is 34.6 Å². The van der Waals surface area contributed by atoms with Crippen molar-refractivity contribution in [1.82, 2.24) is 0 Å². The molecule has 3 heteroatoms. The van der Waals surface area contributed by atoms with Crippen LogP contribution in [0.5, 0.6) is 0 Å². The van der Waals surface area contributed by atoms with Crippen LogP contribution in [0.2, 0.25) is 0 Å². The lowest BCUT2D eigenvalue weighted by molar-refractivity contribution is 0.886. The van der Waals surface area contributed by atoms with Crippen molar-refractivity contribution in [2.75, 3.05) is 0 Å². The Bertz CT molecular complexity index is 714. The standard InChI is InChI=1S/C18H19N3/c1-12-8-9-15(13(2)10-12)18-16(11-17(19)20-21-18)14-6-4-3-5-7-14/h3-10,16H,11H2,1-2H3,(H2,19,20). The fraction of sp³-hybridized carbons (Fsp3) is 0.222. The number of hydrogen-bond donors (Lipinski definition) is 1. The van der Waals surface area contributed by atoms with Gasteiger partial charge < -0.3 is 5.73 Å². The first-order valence-electron chi connectivity index (χ1n) is 7.17. The van der Waals surface area contributed by atoms with Crippen molar-refractivity contribution < 1.29 is 0 Å². The molecule has 0 saturated carbocycles. The molecule has 1 unspecified atom stereocenters. The van der Waals surface area contributed by atoms with E-state index in [4.69, 9.17) is 5.73 Å². The Hall–Kier alpha value is -2.42. The minimum atomic E-state index is 0.171. The molecule has 1 aliphatic rings. The van der Waals surface area contributed by atoms with Gasteiger partial charge >= 0.3 is 0 Å². The van der Waals surface area contributed by atoms with E-state index in [1.807, 2.05) is 6.07 Å². The molecule has 1 heterocycles. The van der Waals surface area contributed by atoms with E-state index in [0.717, 1.165) is 17.7 Å². The zero-order chi connectivity index (χ0) is 14.8. The summed E-state index contributed by atoms with van der Waals surface area (Å²) in [5.74, 6) is 0.766. The molecule has 0 saturated heterocycles. The Kier molecular flexibility index (Phi) is 3.57. The number of nitrogens with two attached hydrogens (primary N) is 1. The van der Waals surface area contributed by atoms with Gasteiger partial charge in [0.1, 0.15) is 5.84 Å². The molecule has 0 spiro atoms. The largest absolute Gasteiger partial charge is 0.386 e. The van der Waals surface area contributed by atoms with Gasteiger partial charge in [0.15, 0.2) is 0 Å². The van der Waals surface area contributed by atoms with E-state index < -0.39 is 0 Å². The normalized spacial score (nSPS) is 18.1. The number of rotatable bonds is 2. The zero-order valence-electron chi connectivity index (χ0n) is 12.4. The van der Waals surface area contributed by atoms with Crippen LogP contribution in [0.4, 0.5) is 0 Å². The van der Waals surface area contributed by atoms with E-state index in [9.17, 15) is 0 Å². The summed E-state index contributed by atoms with van der Waals surface area (Å²) in [6.45, 7) is 4.22. The highest BCUT2D eigenvalue weighted by molar-refractivity contribution is 6.09. The van der Waals surface area contributed by atoms with Crippen molar-refractivity contribution in [2.24, 2.45) is 15.9 Å². The first-order valence-corrected chi connectivity index (χ1v) is 7.17. The topological polar surface area (TPSA) is 50.7 Å². The third-order valence-electron chi connectivity index (χ3n) is 3.89. The van der Waals surface area contributed by atoms with E-state index in [2.05, 4.69) is 66.5 Å². The van der Waals surface area contributed by atoms with Gasteiger partial charge in [-0.15, -0.1) is 5.10 Å². The summed E-state index contributed by atoms with van der Waals surface area (Å²) in [6.07, 6.45) is 0.718. The van der Waals surface area contributed by atoms with Crippen LogP contribution in [0.3, 0.4) is 0 Å². The van der Waals surface area contributed by atoms with Crippen molar-refractivity contribution in [3.05, 3.63) is 70.8 Å². The van der Waals surface area contributed by atoms with Crippen LogP contribution in [0.25, 0.3) is 0 Å². The molecule has 2 aromatic carbocycles. The summed E-state index contributed by atoms with van der Waals surface area (Å²) in [6, 6.07) is 16.8. The van der Waals surface area contributed by atoms with E-state index in [1.165, 1.54) is 16.7 Å². The summed E-state index contributed by atoms with van der Waals surface area (Å²) in [5, 5.41) is 8.52. The first-order chi connectivity index (χ1) is 10.1. The van der Waals surface area contributed by atoms with E-state index >= 15 is 0 Å². The van der Waals surface area contributed by atoms with Crippen LogP contribution in [-0.4, -0.2) is 11.5 Å². The summed E-state index contributed by atoms with van der Waals surface area (Å²) < 4.78 is 0. The Morgan fingerprint density at radius 1 is 1.00 bits per heavy atom. The van der Waals surface area contributed by atoms with Crippen LogP contribution in [0, 0.1) is 13.8 Å². The van der Waals surface area contributed by atoms with Crippen molar-refractivity contribution in [2.45, 2.75) is 26.2 Å². The lowest BCUT2D eigenvalue weighted by atomic mass is 9.84. The van der Waals surface area contributed by atoms with Gasteiger partial charge in [-0.1, -0.05) is 54.1 Å². The van der Waals surface area contributed by atoms with Crippen LogP contribution < -0.4 is 5.73 Å². The van der Waals surface area contributed by atoms with Crippen LogP contribution in [-0.2, 0) is 0 Å². The monoisotopic (exact) mass is 277 g/mol. The van der Waals surface area contributed by atoms with E-state index in [-0.39, 0.29) is 5.92 Å². The van der Waals surface area contributed by atoms with Crippen molar-refractivity contribution in [1.29, 1.82) is 0 Å². The van der Waals surface area contributed by atoms with Gasteiger partial charge in [0.2, 0.25) is 0 Å². The molecular formula is C18H19N3. The predicted molar refractivity (Wildman–Crippen MR) is 87.9 cm³/mol. The highest BCUT2D eigenvalue weighted by Crippen LogP contribution is 2.29. The molecule has 0 radical (unpaired) electrons. The molecule has 0 aliphatic carbocycles. The molecule has 3 nitrogen and oxygen atoms in total. The number of nitrogens with zero attached hydrogens (tertiary/aromatic N) is 2. The molecule has 2 N–H and O–H groups in total. The maximum Gasteiger partial charge on any atom is 0.123 e. The number of benzene rings is 2. The average molecular weight is 277 g/mol. The second-order valence-corrected chi connectivity index (χ2v) is 5.56. The first kappa shape index (κ1) is 13.6. The molecule has 1 atom stereocenters. The number of hydrogen-bond acceptors (Lipinski definition) is 3. The van der Waals surface area contributed by atoms with Crippen LogP contribution in [0.15, 0.2) is 58.7 Å². The molecular weight excluding hydrogens is 258 g/mol. The van der Waals surface area contributed by atoms with Gasteiger partial charge in [0.25, 0.3) is 0 Å². The second kappa shape index (κ2) is 5.52. The SMILES string of the molecule is Cc1ccc(C2=NN=C(N)CC2c2ccccc2)c(C)c1. The predicted octanol–water partition coefficient (Wildman–Crippen LogP) is 3.55. The lowest BCUT2D eigenvalue weighted by Crippen LogP contribution is -2.26. The Morgan fingerprint density at radius 2 is 1.76 bits per heavy atom. The van der Waals surface area contributed by atoms with Crippen LogP contribution >= 0.6 is 0 Å². The maximum absolute atomic E-state index is 5.91. The van der Waals surface area contributed by atoms with E-state index in [1.54, 1.807) is 0 Å². The highest BCUT2D eigenvalue weighted by atomic mass is 15.2.